The van der Waals surface area contributed by atoms with Gasteiger partial charge in [0.25, 0.3) is 5.56 Å². The first-order chi connectivity index (χ1) is 16.6. The molecule has 1 atom stereocenters. The number of nitrogens with two attached hydrogens (primary N) is 1. The average molecular weight is 498 g/mol. The summed E-state index contributed by atoms with van der Waals surface area (Å²) in [5.74, 6) is -0.967. The number of likely N-dealkylation sites (N-methyl/N-ethyl adjacent to an activating group) is 1. The van der Waals surface area contributed by atoms with Crippen LogP contribution in [0.1, 0.15) is 23.6 Å². The first-order valence-corrected chi connectivity index (χ1v) is 12.7. The maximum Gasteiger partial charge on any atom is 0.330 e. The van der Waals surface area contributed by atoms with Crippen molar-refractivity contribution in [3.63, 3.8) is 0 Å². The van der Waals surface area contributed by atoms with Gasteiger partial charge in [0.2, 0.25) is 15.9 Å². The molecule has 0 unspecified atom stereocenters. The number of sulfonamides is 1. The normalized spacial score (nSPS) is 16.0. The third-order valence-corrected chi connectivity index (χ3v) is 8.10. The van der Waals surface area contributed by atoms with Crippen LogP contribution in [-0.4, -0.2) is 47.0 Å². The molecule has 2 aromatic carbocycles. The third-order valence-electron chi connectivity index (χ3n) is 6.28. The van der Waals surface area contributed by atoms with E-state index in [1.54, 1.807) is 12.1 Å². The number of carbonyl (C=O) groups is 1. The fraction of sp³-hybridized carbons (Fsp3) is 0.292. The molecule has 0 saturated heterocycles. The number of nitrogens with zero attached hydrogens (tertiary/aromatic N) is 3. The number of H-pyrrole nitrogens is 1. The molecule has 10 nitrogen and oxygen atoms in total. The van der Waals surface area contributed by atoms with Crippen molar-refractivity contribution in [1.82, 2.24) is 13.9 Å². The number of nitrogens with one attached hydrogen (secondary N) is 1. The monoisotopic (exact) mass is 497 g/mol. The summed E-state index contributed by atoms with van der Waals surface area (Å²) >= 11 is 0. The van der Waals surface area contributed by atoms with Crippen molar-refractivity contribution in [3.8, 4) is 0 Å². The highest BCUT2D eigenvalue weighted by Gasteiger charge is 2.40. The Morgan fingerprint density at radius 2 is 1.71 bits per heavy atom. The Balaban J connectivity index is 1.75. The lowest BCUT2D eigenvalue weighted by Crippen LogP contribution is -2.54. The zero-order chi connectivity index (χ0) is 25.3. The number of fused-ring (bicyclic) bond motifs is 1. The molecule has 11 heteroatoms. The second-order valence-corrected chi connectivity index (χ2v) is 10.6. The molecule has 2 heterocycles. The van der Waals surface area contributed by atoms with Crippen LogP contribution in [0.25, 0.3) is 0 Å². The van der Waals surface area contributed by atoms with E-state index in [-0.39, 0.29) is 36.8 Å². The summed E-state index contributed by atoms with van der Waals surface area (Å²) in [7, 11) is -2.38. The second kappa shape index (κ2) is 9.51. The van der Waals surface area contributed by atoms with Gasteiger partial charge in [0.1, 0.15) is 11.9 Å². The van der Waals surface area contributed by atoms with Crippen LogP contribution in [0.3, 0.4) is 0 Å². The van der Waals surface area contributed by atoms with Gasteiger partial charge in [-0.1, -0.05) is 54.6 Å². The van der Waals surface area contributed by atoms with E-state index < -0.39 is 33.2 Å². The highest BCUT2D eigenvalue weighted by Crippen LogP contribution is 2.28. The average Bonchev–Trinajstić information content (AvgIpc) is 2.85. The molecular weight excluding hydrogens is 470 g/mol. The SMILES string of the molecule is CCS(=O)(=O)N1Cc2ccccc2C[C@@H]1C(=O)N(C)c1c(N)n(Cc2ccccc2)c(=O)[nH]c1=O. The molecule has 35 heavy (non-hydrogen) atoms. The summed E-state index contributed by atoms with van der Waals surface area (Å²) < 4.78 is 28.1. The quantitative estimate of drug-likeness (QED) is 0.519. The van der Waals surface area contributed by atoms with E-state index in [2.05, 4.69) is 4.98 Å². The molecule has 0 fully saturated rings. The van der Waals surface area contributed by atoms with Gasteiger partial charge >= 0.3 is 5.69 Å². The Morgan fingerprint density at radius 1 is 1.09 bits per heavy atom. The smallest absolute Gasteiger partial charge is 0.330 e. The molecule has 184 valence electrons. The minimum Gasteiger partial charge on any atom is -0.383 e. The van der Waals surface area contributed by atoms with E-state index in [1.165, 1.54) is 22.8 Å². The summed E-state index contributed by atoms with van der Waals surface area (Å²) in [4.78, 5) is 42.2. The summed E-state index contributed by atoms with van der Waals surface area (Å²) in [6.07, 6.45) is 0.153. The van der Waals surface area contributed by atoms with Crippen LogP contribution in [-0.2, 0) is 34.3 Å². The number of rotatable bonds is 6. The van der Waals surface area contributed by atoms with E-state index in [9.17, 15) is 22.8 Å². The predicted octanol–water partition coefficient (Wildman–Crippen LogP) is 0.907. The number of hydrogen-bond donors (Lipinski definition) is 2. The Hall–Kier alpha value is -3.70. The van der Waals surface area contributed by atoms with Crippen molar-refractivity contribution in [2.45, 2.75) is 32.5 Å². The number of benzene rings is 2. The minimum atomic E-state index is -3.74. The van der Waals surface area contributed by atoms with Gasteiger partial charge in [0.15, 0.2) is 5.69 Å². The summed E-state index contributed by atoms with van der Waals surface area (Å²) in [6.45, 7) is 1.66. The van der Waals surface area contributed by atoms with E-state index in [0.29, 0.717) is 0 Å². The number of aromatic amines is 1. The first-order valence-electron chi connectivity index (χ1n) is 11.1. The zero-order valence-electron chi connectivity index (χ0n) is 19.5. The largest absolute Gasteiger partial charge is 0.383 e. The van der Waals surface area contributed by atoms with Crippen LogP contribution in [0.5, 0.6) is 0 Å². The third kappa shape index (κ3) is 4.64. The molecule has 1 amide bonds. The van der Waals surface area contributed by atoms with Crippen molar-refractivity contribution in [3.05, 3.63) is 92.1 Å². The van der Waals surface area contributed by atoms with Crippen LogP contribution in [0, 0.1) is 0 Å². The topological polar surface area (TPSA) is 139 Å². The van der Waals surface area contributed by atoms with Gasteiger partial charge in [-0.05, 0) is 30.0 Å². The Morgan fingerprint density at radius 3 is 2.37 bits per heavy atom. The van der Waals surface area contributed by atoms with E-state index in [1.807, 2.05) is 42.5 Å². The molecule has 3 aromatic rings. The molecule has 4 rings (SSSR count). The Kier molecular flexibility index (Phi) is 6.64. The van der Waals surface area contributed by atoms with Crippen molar-refractivity contribution in [1.29, 1.82) is 0 Å². The maximum absolute atomic E-state index is 13.7. The standard InChI is InChI=1S/C24H27N5O5S/c1-3-35(33,34)29-15-18-12-8-7-11-17(18)13-19(29)23(31)27(2)20-21(25)28(24(32)26-22(20)30)14-16-9-5-4-6-10-16/h4-12,19H,3,13-15,25H2,1-2H3,(H,26,30,32)/t19-/m1/s1. The predicted molar refractivity (Wildman–Crippen MR) is 134 cm³/mol. The maximum atomic E-state index is 13.7. The molecule has 0 spiro atoms. The van der Waals surface area contributed by atoms with Gasteiger partial charge in [-0.3, -0.25) is 19.1 Å². The molecule has 1 aromatic heterocycles. The van der Waals surface area contributed by atoms with Gasteiger partial charge in [0, 0.05) is 13.6 Å². The van der Waals surface area contributed by atoms with Crippen LogP contribution < -0.4 is 21.9 Å². The molecule has 1 aliphatic rings. The number of anilines is 2. The van der Waals surface area contributed by atoms with Crippen molar-refractivity contribution >= 4 is 27.4 Å². The molecule has 1 aliphatic heterocycles. The lowest BCUT2D eigenvalue weighted by Gasteiger charge is -2.36. The van der Waals surface area contributed by atoms with Crippen molar-refractivity contribution < 1.29 is 13.2 Å². The molecule has 0 saturated carbocycles. The fourth-order valence-electron chi connectivity index (χ4n) is 4.33. The van der Waals surface area contributed by atoms with Gasteiger partial charge in [0.05, 0.1) is 12.3 Å². The van der Waals surface area contributed by atoms with Gasteiger partial charge in [-0.25, -0.2) is 13.2 Å². The van der Waals surface area contributed by atoms with Gasteiger partial charge < -0.3 is 10.6 Å². The first kappa shape index (κ1) is 24.4. The van der Waals surface area contributed by atoms with Crippen LogP contribution in [0.4, 0.5) is 11.5 Å². The van der Waals surface area contributed by atoms with E-state index in [4.69, 9.17) is 5.73 Å². The zero-order valence-corrected chi connectivity index (χ0v) is 20.3. The van der Waals surface area contributed by atoms with E-state index >= 15 is 0 Å². The second-order valence-electron chi connectivity index (χ2n) is 8.40. The lowest BCUT2D eigenvalue weighted by atomic mass is 9.95. The number of aromatic nitrogens is 2. The number of carbonyl (C=O) groups excluding carboxylic acids is 1. The molecule has 3 N–H and O–H groups in total. The van der Waals surface area contributed by atoms with Crippen LogP contribution in [0.15, 0.2) is 64.2 Å². The van der Waals surface area contributed by atoms with Crippen LogP contribution >= 0.6 is 0 Å². The summed E-state index contributed by atoms with van der Waals surface area (Å²) in [5, 5.41) is 0. The van der Waals surface area contributed by atoms with Crippen LogP contribution in [0.2, 0.25) is 0 Å². The Bertz CT molecular complexity index is 1480. The molecular formula is C24H27N5O5S. The number of amides is 1. The van der Waals surface area contributed by atoms with Gasteiger partial charge in [-0.15, -0.1) is 0 Å². The van der Waals surface area contributed by atoms with Gasteiger partial charge in [-0.2, -0.15) is 4.31 Å². The minimum absolute atomic E-state index is 0.0515. The lowest BCUT2D eigenvalue weighted by molar-refractivity contribution is -0.122. The van der Waals surface area contributed by atoms with Crippen molar-refractivity contribution in [2.75, 3.05) is 23.4 Å². The molecule has 0 radical (unpaired) electrons. The van der Waals surface area contributed by atoms with E-state index in [0.717, 1.165) is 21.6 Å². The summed E-state index contributed by atoms with van der Waals surface area (Å²) in [6, 6.07) is 15.3. The Labute approximate surface area is 202 Å². The molecule has 0 bridgehead atoms. The number of hydrogen-bond acceptors (Lipinski definition) is 6. The number of nitrogen functional groups attached to an aromatic ring is 1. The molecule has 0 aliphatic carbocycles. The highest BCUT2D eigenvalue weighted by molar-refractivity contribution is 7.89. The summed E-state index contributed by atoms with van der Waals surface area (Å²) in [5.41, 5.74) is 6.96. The van der Waals surface area contributed by atoms with Crippen molar-refractivity contribution in [2.24, 2.45) is 0 Å². The fourth-order valence-corrected chi connectivity index (χ4v) is 5.55. The highest BCUT2D eigenvalue weighted by atomic mass is 32.2.